The maximum atomic E-state index is 5.25. The Morgan fingerprint density at radius 1 is 1.05 bits per heavy atom. The van der Waals surface area contributed by atoms with Crippen LogP contribution >= 0.6 is 0 Å². The van der Waals surface area contributed by atoms with Crippen molar-refractivity contribution in [2.45, 2.75) is 31.7 Å². The zero-order valence-corrected chi connectivity index (χ0v) is 12.1. The molecule has 1 N–H and O–H groups in total. The highest BCUT2D eigenvalue weighted by atomic mass is 16.5. The van der Waals surface area contributed by atoms with Crippen molar-refractivity contribution in [3.05, 3.63) is 59.7 Å². The molecule has 0 spiro atoms. The first-order valence-corrected chi connectivity index (χ1v) is 7.22. The Labute approximate surface area is 120 Å². The lowest BCUT2D eigenvalue weighted by atomic mass is 9.75. The van der Waals surface area contributed by atoms with Gasteiger partial charge in [0.15, 0.2) is 0 Å². The molecule has 20 heavy (non-hydrogen) atoms. The molecule has 3 rings (SSSR count). The average molecular weight is 267 g/mol. The van der Waals surface area contributed by atoms with Gasteiger partial charge in [0.2, 0.25) is 0 Å². The van der Waals surface area contributed by atoms with E-state index in [2.05, 4.69) is 48.6 Å². The first-order valence-electron chi connectivity index (χ1n) is 7.22. The van der Waals surface area contributed by atoms with Crippen LogP contribution in [-0.2, 0) is 0 Å². The van der Waals surface area contributed by atoms with Crippen molar-refractivity contribution in [2.75, 3.05) is 12.4 Å². The lowest BCUT2D eigenvalue weighted by Gasteiger charge is -2.37. The number of methoxy groups -OCH3 is 1. The highest BCUT2D eigenvalue weighted by Gasteiger charge is 2.30. The first kappa shape index (κ1) is 13.0. The summed E-state index contributed by atoms with van der Waals surface area (Å²) in [7, 11) is 1.70. The predicted octanol–water partition coefficient (Wildman–Crippen LogP) is 4.36. The van der Waals surface area contributed by atoms with Gasteiger partial charge in [-0.05, 0) is 43.4 Å². The van der Waals surface area contributed by atoms with E-state index in [4.69, 9.17) is 4.74 Å². The minimum absolute atomic E-state index is 0.577. The summed E-state index contributed by atoms with van der Waals surface area (Å²) in [5.41, 5.74) is 3.95. The maximum Gasteiger partial charge on any atom is 0.120 e. The lowest BCUT2D eigenvalue weighted by molar-refractivity contribution is 0.373. The number of rotatable bonds is 4. The second-order valence-electron chi connectivity index (χ2n) is 5.65. The standard InChI is InChI=1S/C18H21NO/c1-13-6-8-14(9-7-13)15-10-17(11-15)19-16-4-3-5-18(12-16)20-2/h3-9,12,15,17,19H,10-11H2,1-2H3. The molecule has 0 aliphatic heterocycles. The van der Waals surface area contributed by atoms with Gasteiger partial charge in [-0.1, -0.05) is 35.9 Å². The highest BCUT2D eigenvalue weighted by molar-refractivity contribution is 5.49. The average Bonchev–Trinajstić information content (AvgIpc) is 2.44. The Bertz CT molecular complexity index is 570. The monoisotopic (exact) mass is 267 g/mol. The maximum absolute atomic E-state index is 5.25. The van der Waals surface area contributed by atoms with Crippen molar-refractivity contribution in [3.63, 3.8) is 0 Å². The van der Waals surface area contributed by atoms with Gasteiger partial charge < -0.3 is 10.1 Å². The van der Waals surface area contributed by atoms with Crippen LogP contribution in [0.4, 0.5) is 5.69 Å². The molecule has 104 valence electrons. The second kappa shape index (κ2) is 5.58. The third-order valence-electron chi connectivity index (χ3n) is 4.13. The van der Waals surface area contributed by atoms with E-state index in [1.165, 1.54) is 24.0 Å². The van der Waals surface area contributed by atoms with E-state index in [0.29, 0.717) is 12.0 Å². The SMILES string of the molecule is COc1cccc(NC2CC(c3ccc(C)cc3)C2)c1. The highest BCUT2D eigenvalue weighted by Crippen LogP contribution is 2.38. The molecule has 1 aliphatic carbocycles. The molecule has 0 amide bonds. The number of benzene rings is 2. The van der Waals surface area contributed by atoms with E-state index in [9.17, 15) is 0 Å². The Kier molecular flexibility index (Phi) is 3.64. The summed E-state index contributed by atoms with van der Waals surface area (Å²) >= 11 is 0. The molecule has 1 aliphatic rings. The number of hydrogen-bond donors (Lipinski definition) is 1. The van der Waals surface area contributed by atoms with Gasteiger partial charge in [0.1, 0.15) is 5.75 Å². The fourth-order valence-corrected chi connectivity index (χ4v) is 2.80. The van der Waals surface area contributed by atoms with Crippen molar-refractivity contribution >= 4 is 5.69 Å². The largest absolute Gasteiger partial charge is 0.497 e. The molecule has 0 saturated heterocycles. The zero-order chi connectivity index (χ0) is 13.9. The van der Waals surface area contributed by atoms with Crippen LogP contribution in [0.5, 0.6) is 5.75 Å². The first-order chi connectivity index (χ1) is 9.74. The molecule has 2 aromatic carbocycles. The fourth-order valence-electron chi connectivity index (χ4n) is 2.80. The molecule has 2 aromatic rings. The molecule has 0 radical (unpaired) electrons. The van der Waals surface area contributed by atoms with Crippen LogP contribution in [0, 0.1) is 6.92 Å². The minimum Gasteiger partial charge on any atom is -0.497 e. The smallest absolute Gasteiger partial charge is 0.120 e. The second-order valence-corrected chi connectivity index (χ2v) is 5.65. The Morgan fingerprint density at radius 2 is 1.80 bits per heavy atom. The van der Waals surface area contributed by atoms with E-state index >= 15 is 0 Å². The van der Waals surface area contributed by atoms with Gasteiger partial charge in [0, 0.05) is 17.8 Å². The van der Waals surface area contributed by atoms with Gasteiger partial charge in [-0.25, -0.2) is 0 Å². The number of aryl methyl sites for hydroxylation is 1. The van der Waals surface area contributed by atoms with Crippen LogP contribution in [0.3, 0.4) is 0 Å². The summed E-state index contributed by atoms with van der Waals surface area (Å²) in [4.78, 5) is 0. The number of hydrogen-bond acceptors (Lipinski definition) is 2. The summed E-state index contributed by atoms with van der Waals surface area (Å²) in [5.74, 6) is 1.61. The van der Waals surface area contributed by atoms with Gasteiger partial charge in [0.25, 0.3) is 0 Å². The van der Waals surface area contributed by atoms with Crippen LogP contribution in [-0.4, -0.2) is 13.2 Å². The fraction of sp³-hybridized carbons (Fsp3) is 0.333. The molecule has 0 bridgehead atoms. The van der Waals surface area contributed by atoms with Crippen LogP contribution < -0.4 is 10.1 Å². The number of anilines is 1. The van der Waals surface area contributed by atoms with E-state index < -0.39 is 0 Å². The molecule has 2 heteroatoms. The molecule has 0 atom stereocenters. The summed E-state index contributed by atoms with van der Waals surface area (Å²) in [5, 5.41) is 3.58. The number of ether oxygens (including phenoxy) is 1. The molecular weight excluding hydrogens is 246 g/mol. The molecule has 0 unspecified atom stereocenters. The van der Waals surface area contributed by atoms with E-state index in [1.807, 2.05) is 12.1 Å². The van der Waals surface area contributed by atoms with Gasteiger partial charge in [-0.15, -0.1) is 0 Å². The summed E-state index contributed by atoms with van der Waals surface area (Å²) in [6.45, 7) is 2.14. The molecule has 2 nitrogen and oxygen atoms in total. The summed E-state index contributed by atoms with van der Waals surface area (Å²) in [6.07, 6.45) is 2.42. The van der Waals surface area contributed by atoms with E-state index in [0.717, 1.165) is 11.4 Å². The molecule has 1 fully saturated rings. The van der Waals surface area contributed by atoms with Crippen LogP contribution in [0.2, 0.25) is 0 Å². The molecular formula is C18H21NO. The molecule has 0 aromatic heterocycles. The molecule has 1 saturated carbocycles. The number of nitrogens with one attached hydrogen (secondary N) is 1. The van der Waals surface area contributed by atoms with Gasteiger partial charge in [-0.2, -0.15) is 0 Å². The van der Waals surface area contributed by atoms with Crippen LogP contribution in [0.25, 0.3) is 0 Å². The third kappa shape index (κ3) is 2.79. The Balaban J connectivity index is 1.56. The van der Waals surface area contributed by atoms with E-state index in [1.54, 1.807) is 7.11 Å². The summed E-state index contributed by atoms with van der Waals surface area (Å²) in [6, 6.07) is 17.7. The van der Waals surface area contributed by atoms with Gasteiger partial charge in [0.05, 0.1) is 7.11 Å². The molecule has 0 heterocycles. The van der Waals surface area contributed by atoms with Gasteiger partial charge >= 0.3 is 0 Å². The van der Waals surface area contributed by atoms with Crippen molar-refractivity contribution < 1.29 is 4.74 Å². The zero-order valence-electron chi connectivity index (χ0n) is 12.1. The van der Waals surface area contributed by atoms with Crippen molar-refractivity contribution in [3.8, 4) is 5.75 Å². The van der Waals surface area contributed by atoms with Crippen molar-refractivity contribution in [1.29, 1.82) is 0 Å². The lowest BCUT2D eigenvalue weighted by Crippen LogP contribution is -2.33. The Hall–Kier alpha value is -1.96. The minimum atomic E-state index is 0.577. The van der Waals surface area contributed by atoms with E-state index in [-0.39, 0.29) is 0 Å². The van der Waals surface area contributed by atoms with Crippen LogP contribution in [0.1, 0.15) is 29.9 Å². The predicted molar refractivity (Wildman–Crippen MR) is 83.6 cm³/mol. The van der Waals surface area contributed by atoms with Crippen molar-refractivity contribution in [1.82, 2.24) is 0 Å². The Morgan fingerprint density at radius 3 is 2.50 bits per heavy atom. The van der Waals surface area contributed by atoms with Gasteiger partial charge in [-0.3, -0.25) is 0 Å². The van der Waals surface area contributed by atoms with Crippen molar-refractivity contribution in [2.24, 2.45) is 0 Å². The third-order valence-corrected chi connectivity index (χ3v) is 4.13. The summed E-state index contributed by atoms with van der Waals surface area (Å²) < 4.78 is 5.25. The quantitative estimate of drug-likeness (QED) is 0.888. The topological polar surface area (TPSA) is 21.3 Å². The normalized spacial score (nSPS) is 21.1. The van der Waals surface area contributed by atoms with Crippen LogP contribution in [0.15, 0.2) is 48.5 Å².